The summed E-state index contributed by atoms with van der Waals surface area (Å²) in [6.45, 7) is 9.82. The van der Waals surface area contributed by atoms with Crippen LogP contribution in [-0.4, -0.2) is 14.8 Å². The molecule has 0 amide bonds. The third-order valence-electron chi connectivity index (χ3n) is 2.82. The quantitative estimate of drug-likeness (QED) is 0.830. The zero-order chi connectivity index (χ0) is 12.7. The van der Waals surface area contributed by atoms with E-state index in [1.807, 2.05) is 31.5 Å². The molecule has 0 unspecified atom stereocenters. The van der Waals surface area contributed by atoms with E-state index in [0.717, 1.165) is 11.3 Å². The van der Waals surface area contributed by atoms with Crippen molar-refractivity contribution < 1.29 is 0 Å². The van der Waals surface area contributed by atoms with Gasteiger partial charge in [0.2, 0.25) is 0 Å². The molecule has 0 atom stereocenters. The highest BCUT2D eigenvalue weighted by Gasteiger charge is 2.17. The van der Waals surface area contributed by atoms with E-state index >= 15 is 0 Å². The maximum absolute atomic E-state index is 11.9. The second kappa shape index (κ2) is 3.76. The molecule has 0 aliphatic carbocycles. The van der Waals surface area contributed by atoms with E-state index in [-0.39, 0.29) is 11.5 Å². The van der Waals surface area contributed by atoms with Crippen LogP contribution in [0.15, 0.2) is 17.6 Å². The van der Waals surface area contributed by atoms with E-state index in [9.17, 15) is 4.79 Å². The number of fused-ring (bicyclic) bond motifs is 1. The van der Waals surface area contributed by atoms with Crippen LogP contribution in [0, 0.1) is 0 Å². The van der Waals surface area contributed by atoms with Gasteiger partial charge in [-0.2, -0.15) is 5.10 Å². The maximum Gasteiger partial charge on any atom is 0.274 e. The average Bonchev–Trinajstić information content (AvgIpc) is 2.64. The number of aromatic nitrogens is 3. The number of anilines is 1. The third-order valence-corrected chi connectivity index (χ3v) is 2.82. The molecular formula is C12H16N4O. The fourth-order valence-electron chi connectivity index (χ4n) is 1.97. The van der Waals surface area contributed by atoms with E-state index in [2.05, 4.69) is 16.8 Å². The van der Waals surface area contributed by atoms with Crippen molar-refractivity contribution in [3.05, 3.63) is 28.7 Å². The minimum absolute atomic E-state index is 0.210. The fourth-order valence-corrected chi connectivity index (χ4v) is 1.97. The molecule has 0 bridgehead atoms. The molecule has 0 radical (unpaired) electrons. The normalized spacial score (nSPS) is 11.3. The molecule has 0 saturated carbocycles. The summed E-state index contributed by atoms with van der Waals surface area (Å²) in [7, 11) is 0. The van der Waals surface area contributed by atoms with Crippen molar-refractivity contribution in [1.82, 2.24) is 14.8 Å². The zero-order valence-corrected chi connectivity index (χ0v) is 10.2. The first-order valence-electron chi connectivity index (χ1n) is 5.48. The molecule has 5 heteroatoms. The second-order valence-electron chi connectivity index (χ2n) is 4.51. The van der Waals surface area contributed by atoms with Gasteiger partial charge in [-0.25, -0.2) is 5.10 Å². The Balaban J connectivity index is 3.01. The number of aromatic amines is 1. The number of hydrogen-bond acceptors (Lipinski definition) is 3. The molecule has 0 saturated heterocycles. The van der Waals surface area contributed by atoms with Crippen molar-refractivity contribution in [2.45, 2.75) is 26.7 Å². The van der Waals surface area contributed by atoms with Crippen LogP contribution < -0.4 is 11.3 Å². The topological polar surface area (TPSA) is 76.7 Å². The molecule has 2 heterocycles. The zero-order valence-electron chi connectivity index (χ0n) is 10.2. The number of H-pyrrole nitrogens is 1. The van der Waals surface area contributed by atoms with Crippen LogP contribution in [0.3, 0.4) is 0 Å². The number of rotatable bonds is 2. The van der Waals surface area contributed by atoms with Gasteiger partial charge in [0.1, 0.15) is 5.52 Å². The monoisotopic (exact) mass is 232 g/mol. The smallest absolute Gasteiger partial charge is 0.274 e. The van der Waals surface area contributed by atoms with Gasteiger partial charge in [-0.15, -0.1) is 0 Å². The Bertz CT molecular complexity index is 648. The molecule has 0 fully saturated rings. The maximum atomic E-state index is 11.9. The predicted octanol–water partition coefficient (Wildman–Crippen LogP) is 1.92. The Morgan fingerprint density at radius 1 is 1.59 bits per heavy atom. The van der Waals surface area contributed by atoms with Crippen molar-refractivity contribution in [1.29, 1.82) is 0 Å². The van der Waals surface area contributed by atoms with Crippen molar-refractivity contribution in [2.24, 2.45) is 0 Å². The van der Waals surface area contributed by atoms with E-state index in [4.69, 9.17) is 5.73 Å². The highest BCUT2D eigenvalue weighted by atomic mass is 16.1. The first-order valence-corrected chi connectivity index (χ1v) is 5.48. The summed E-state index contributed by atoms with van der Waals surface area (Å²) in [5.41, 5.74) is 8.03. The summed E-state index contributed by atoms with van der Waals surface area (Å²) >= 11 is 0. The average molecular weight is 232 g/mol. The van der Waals surface area contributed by atoms with Gasteiger partial charge in [0, 0.05) is 11.9 Å². The third kappa shape index (κ3) is 1.63. The highest BCUT2D eigenvalue weighted by molar-refractivity contribution is 5.93. The molecule has 3 N–H and O–H groups in total. The minimum atomic E-state index is -0.210. The number of hydrogen-bond donors (Lipinski definition) is 2. The van der Waals surface area contributed by atoms with Gasteiger partial charge in [0.25, 0.3) is 5.56 Å². The summed E-state index contributed by atoms with van der Waals surface area (Å²) in [6.07, 6.45) is 1.91. The lowest BCUT2D eigenvalue weighted by molar-refractivity contribution is 0.869. The molecule has 2 aromatic rings. The van der Waals surface area contributed by atoms with Gasteiger partial charge >= 0.3 is 0 Å². The van der Waals surface area contributed by atoms with E-state index in [1.54, 1.807) is 0 Å². The summed E-state index contributed by atoms with van der Waals surface area (Å²) < 4.78 is 1.82. The number of nitrogen functional groups attached to an aromatic ring is 1. The van der Waals surface area contributed by atoms with Gasteiger partial charge in [0.15, 0.2) is 5.82 Å². The Labute approximate surface area is 98.9 Å². The van der Waals surface area contributed by atoms with Crippen molar-refractivity contribution in [3.63, 3.8) is 0 Å². The number of nitrogens with zero attached hydrogens (tertiary/aromatic N) is 2. The Hall–Kier alpha value is -2.04. The lowest BCUT2D eigenvalue weighted by Gasteiger charge is -2.03. The second-order valence-corrected chi connectivity index (χ2v) is 4.51. The summed E-state index contributed by atoms with van der Waals surface area (Å²) in [4.78, 5) is 11.9. The number of nitrogens with one attached hydrogen (secondary N) is 1. The van der Waals surface area contributed by atoms with E-state index in [0.29, 0.717) is 16.7 Å². The van der Waals surface area contributed by atoms with Crippen LogP contribution in [0.4, 0.5) is 5.82 Å². The van der Waals surface area contributed by atoms with Crippen LogP contribution in [0.25, 0.3) is 16.6 Å². The predicted molar refractivity (Wildman–Crippen MR) is 69.9 cm³/mol. The van der Waals surface area contributed by atoms with Crippen molar-refractivity contribution in [3.8, 4) is 0 Å². The van der Waals surface area contributed by atoms with Crippen LogP contribution in [0.5, 0.6) is 0 Å². The van der Waals surface area contributed by atoms with Gasteiger partial charge in [0.05, 0.1) is 5.39 Å². The van der Waals surface area contributed by atoms with Gasteiger partial charge in [-0.3, -0.25) is 4.79 Å². The van der Waals surface area contributed by atoms with Crippen LogP contribution in [0.2, 0.25) is 0 Å². The van der Waals surface area contributed by atoms with Crippen LogP contribution >= 0.6 is 0 Å². The highest BCUT2D eigenvalue weighted by Crippen LogP contribution is 2.28. The molecule has 17 heavy (non-hydrogen) atoms. The molecule has 2 aromatic heterocycles. The lowest BCUT2D eigenvalue weighted by atomic mass is 10.0. The molecule has 0 aliphatic rings. The first kappa shape index (κ1) is 11.4. The van der Waals surface area contributed by atoms with Crippen LogP contribution in [0.1, 0.15) is 32.3 Å². The van der Waals surface area contributed by atoms with Gasteiger partial charge < -0.3 is 10.3 Å². The SMILES string of the molecule is C=C(C)n1cc(C(C)C)c2c(=O)[nH]nc(N)c21. The Morgan fingerprint density at radius 2 is 2.24 bits per heavy atom. The summed E-state index contributed by atoms with van der Waals surface area (Å²) in [6, 6.07) is 0. The molecule has 5 nitrogen and oxygen atoms in total. The summed E-state index contributed by atoms with van der Waals surface area (Å²) in [5, 5.41) is 6.82. The van der Waals surface area contributed by atoms with Gasteiger partial charge in [-0.1, -0.05) is 20.4 Å². The molecule has 0 aliphatic heterocycles. The van der Waals surface area contributed by atoms with Crippen molar-refractivity contribution in [2.75, 3.05) is 5.73 Å². The molecule has 2 rings (SSSR count). The largest absolute Gasteiger partial charge is 0.381 e. The van der Waals surface area contributed by atoms with Crippen LogP contribution in [-0.2, 0) is 0 Å². The number of allylic oxidation sites excluding steroid dienone is 1. The minimum Gasteiger partial charge on any atom is -0.381 e. The van der Waals surface area contributed by atoms with E-state index < -0.39 is 0 Å². The standard InChI is InChI=1S/C12H16N4O/c1-6(2)8-5-16(7(3)4)10-9(8)12(17)15-14-11(10)13/h5-6H,3H2,1-2,4H3,(H2,13,14)(H,15,17). The fraction of sp³-hybridized carbons (Fsp3) is 0.333. The Morgan fingerprint density at radius 3 is 2.76 bits per heavy atom. The first-order chi connectivity index (χ1) is 7.93. The Kier molecular flexibility index (Phi) is 2.53. The lowest BCUT2D eigenvalue weighted by Crippen LogP contribution is -2.12. The number of nitrogens with two attached hydrogens (primary N) is 1. The van der Waals surface area contributed by atoms with Gasteiger partial charge in [-0.05, 0) is 18.4 Å². The van der Waals surface area contributed by atoms with E-state index in [1.165, 1.54) is 0 Å². The molecular weight excluding hydrogens is 216 g/mol. The molecule has 0 spiro atoms. The molecule has 0 aromatic carbocycles. The summed E-state index contributed by atoms with van der Waals surface area (Å²) in [5.74, 6) is 0.551. The van der Waals surface area contributed by atoms with Crippen molar-refractivity contribution >= 4 is 22.4 Å². The molecule has 90 valence electrons.